The number of halogens is 1. The number of hydrogen-bond acceptors (Lipinski definition) is 5. The molecule has 0 unspecified atom stereocenters. The van der Waals surface area contributed by atoms with E-state index in [1.54, 1.807) is 28.9 Å². The largest absolute Gasteiger partial charge is 0.304 e. The lowest BCUT2D eigenvalue weighted by atomic mass is 10.1. The second-order valence-electron chi connectivity index (χ2n) is 8.44. The van der Waals surface area contributed by atoms with E-state index in [1.165, 1.54) is 0 Å². The zero-order valence-corrected chi connectivity index (χ0v) is 20.4. The first-order chi connectivity index (χ1) is 18.1. The second kappa shape index (κ2) is 9.33. The van der Waals surface area contributed by atoms with E-state index in [9.17, 15) is 4.79 Å². The Morgan fingerprint density at radius 1 is 0.892 bits per heavy atom. The first-order valence-corrected chi connectivity index (χ1v) is 12.0. The van der Waals surface area contributed by atoms with Crippen LogP contribution < -0.4 is 5.32 Å². The van der Waals surface area contributed by atoms with Crippen molar-refractivity contribution in [2.45, 2.75) is 6.92 Å². The van der Waals surface area contributed by atoms with E-state index in [0.717, 1.165) is 22.5 Å². The van der Waals surface area contributed by atoms with Crippen LogP contribution in [0.4, 0.5) is 5.82 Å². The quantitative estimate of drug-likeness (QED) is 0.295. The summed E-state index contributed by atoms with van der Waals surface area (Å²) in [5, 5.41) is 16.1. The van der Waals surface area contributed by atoms with Crippen LogP contribution in [-0.2, 0) is 0 Å². The summed E-state index contributed by atoms with van der Waals surface area (Å²) in [6.07, 6.45) is 0. The summed E-state index contributed by atoms with van der Waals surface area (Å²) in [6.45, 7) is 1.93. The average molecular weight is 506 g/mol. The fourth-order valence-corrected chi connectivity index (χ4v) is 4.28. The van der Waals surface area contributed by atoms with Crippen molar-refractivity contribution < 1.29 is 4.79 Å². The topological polar surface area (TPSA) is 101 Å². The zero-order chi connectivity index (χ0) is 25.4. The van der Waals surface area contributed by atoms with Gasteiger partial charge in [0.25, 0.3) is 11.9 Å². The predicted molar refractivity (Wildman–Crippen MR) is 144 cm³/mol. The molecule has 0 aliphatic rings. The standard InChI is InChI=1S/C28H20ClN7O/c1-17-16-22(18-8-4-2-5-9-18)36(35-17)28-30-24(19-12-14-21(29)15-13-19)23-25(33-34-26(23)32-28)31-27(37)20-10-6-3-7-11-20/h2-16H,1H3,(H2,30,31,32,33,34,37). The molecule has 1 amide bonds. The minimum atomic E-state index is -0.283. The molecule has 0 bridgehead atoms. The number of nitrogens with one attached hydrogen (secondary N) is 2. The van der Waals surface area contributed by atoms with Gasteiger partial charge >= 0.3 is 0 Å². The van der Waals surface area contributed by atoms with E-state index in [2.05, 4.69) is 20.6 Å². The van der Waals surface area contributed by atoms with Crippen LogP contribution in [0.2, 0.25) is 5.02 Å². The molecule has 3 aromatic heterocycles. The van der Waals surface area contributed by atoms with Crippen LogP contribution in [0.5, 0.6) is 0 Å². The van der Waals surface area contributed by atoms with Crippen LogP contribution in [0.25, 0.3) is 39.5 Å². The second-order valence-corrected chi connectivity index (χ2v) is 8.88. The van der Waals surface area contributed by atoms with Gasteiger partial charge in [-0.15, -0.1) is 0 Å². The van der Waals surface area contributed by atoms with Gasteiger partial charge in [0.1, 0.15) is 0 Å². The van der Waals surface area contributed by atoms with Crippen molar-refractivity contribution in [3.05, 3.63) is 107 Å². The van der Waals surface area contributed by atoms with E-state index in [0.29, 0.717) is 39.1 Å². The normalized spacial score (nSPS) is 11.1. The summed E-state index contributed by atoms with van der Waals surface area (Å²) in [6, 6.07) is 28.2. The van der Waals surface area contributed by atoms with E-state index in [-0.39, 0.29) is 5.91 Å². The number of aryl methyl sites for hydroxylation is 1. The number of nitrogens with zero attached hydrogens (tertiary/aromatic N) is 5. The number of rotatable bonds is 5. The van der Waals surface area contributed by atoms with E-state index < -0.39 is 0 Å². The van der Waals surface area contributed by atoms with Crippen molar-refractivity contribution in [1.29, 1.82) is 0 Å². The number of hydrogen-bond donors (Lipinski definition) is 2. The summed E-state index contributed by atoms with van der Waals surface area (Å²) in [5.41, 5.74) is 5.03. The number of carbonyl (C=O) groups is 1. The molecule has 37 heavy (non-hydrogen) atoms. The monoisotopic (exact) mass is 505 g/mol. The average Bonchev–Trinajstić information content (AvgIpc) is 3.53. The molecule has 0 radical (unpaired) electrons. The summed E-state index contributed by atoms with van der Waals surface area (Å²) < 4.78 is 1.71. The Morgan fingerprint density at radius 3 is 2.32 bits per heavy atom. The number of H-pyrrole nitrogens is 1. The fourth-order valence-electron chi connectivity index (χ4n) is 4.16. The van der Waals surface area contributed by atoms with E-state index >= 15 is 0 Å². The van der Waals surface area contributed by atoms with Crippen molar-refractivity contribution in [3.8, 4) is 28.5 Å². The van der Waals surface area contributed by atoms with Crippen LogP contribution in [0.1, 0.15) is 16.1 Å². The van der Waals surface area contributed by atoms with Gasteiger partial charge < -0.3 is 5.32 Å². The smallest absolute Gasteiger partial charge is 0.256 e. The third-order valence-electron chi connectivity index (χ3n) is 5.88. The molecular formula is C28H20ClN7O. The molecule has 0 saturated heterocycles. The molecule has 0 aliphatic carbocycles. The van der Waals surface area contributed by atoms with Crippen LogP contribution in [0.15, 0.2) is 91.0 Å². The van der Waals surface area contributed by atoms with Gasteiger partial charge in [0, 0.05) is 21.7 Å². The van der Waals surface area contributed by atoms with Gasteiger partial charge in [0.15, 0.2) is 11.5 Å². The highest BCUT2D eigenvalue weighted by molar-refractivity contribution is 6.30. The van der Waals surface area contributed by atoms with Crippen LogP contribution in [0.3, 0.4) is 0 Å². The molecule has 6 aromatic rings. The lowest BCUT2D eigenvalue weighted by Gasteiger charge is -2.10. The molecule has 0 aliphatic heterocycles. The maximum Gasteiger partial charge on any atom is 0.256 e. The van der Waals surface area contributed by atoms with Gasteiger partial charge in [0.2, 0.25) is 0 Å². The summed E-state index contributed by atoms with van der Waals surface area (Å²) in [5.74, 6) is 0.420. The Hall–Kier alpha value is -4.82. The number of benzene rings is 3. The fraction of sp³-hybridized carbons (Fsp3) is 0.0357. The predicted octanol–water partition coefficient (Wildman–Crippen LogP) is 6.09. The van der Waals surface area contributed by atoms with Gasteiger partial charge in [-0.05, 0) is 37.3 Å². The number of aromatic amines is 1. The van der Waals surface area contributed by atoms with Crippen LogP contribution in [-0.4, -0.2) is 35.9 Å². The Morgan fingerprint density at radius 2 is 1.59 bits per heavy atom. The van der Waals surface area contributed by atoms with Gasteiger partial charge in [-0.25, -0.2) is 4.98 Å². The van der Waals surface area contributed by atoms with Gasteiger partial charge in [-0.3, -0.25) is 9.89 Å². The van der Waals surface area contributed by atoms with Crippen molar-refractivity contribution in [2.75, 3.05) is 5.32 Å². The SMILES string of the molecule is Cc1cc(-c2ccccc2)n(-c2nc(-c3ccc(Cl)cc3)c3c(NC(=O)c4ccccc4)n[nH]c3n2)n1. The molecule has 9 heteroatoms. The van der Waals surface area contributed by atoms with Crippen molar-refractivity contribution in [3.63, 3.8) is 0 Å². The van der Waals surface area contributed by atoms with Gasteiger partial charge in [-0.2, -0.15) is 19.9 Å². The molecule has 8 nitrogen and oxygen atoms in total. The van der Waals surface area contributed by atoms with E-state index in [1.807, 2.05) is 73.7 Å². The van der Waals surface area contributed by atoms with Crippen LogP contribution >= 0.6 is 11.6 Å². The van der Waals surface area contributed by atoms with Gasteiger partial charge in [0.05, 0.1) is 22.5 Å². The van der Waals surface area contributed by atoms with Gasteiger partial charge in [-0.1, -0.05) is 72.3 Å². The van der Waals surface area contributed by atoms with Crippen molar-refractivity contribution in [2.24, 2.45) is 0 Å². The Labute approximate surface area is 217 Å². The highest BCUT2D eigenvalue weighted by atomic mass is 35.5. The minimum absolute atomic E-state index is 0.283. The Bertz CT molecular complexity index is 1730. The number of amides is 1. The maximum atomic E-state index is 12.9. The minimum Gasteiger partial charge on any atom is -0.304 e. The van der Waals surface area contributed by atoms with Crippen molar-refractivity contribution >= 4 is 34.4 Å². The maximum absolute atomic E-state index is 12.9. The lowest BCUT2D eigenvalue weighted by Crippen LogP contribution is -2.12. The van der Waals surface area contributed by atoms with E-state index in [4.69, 9.17) is 21.6 Å². The third-order valence-corrected chi connectivity index (χ3v) is 6.14. The Balaban J connectivity index is 1.53. The zero-order valence-electron chi connectivity index (χ0n) is 19.7. The molecule has 0 atom stereocenters. The first kappa shape index (κ1) is 22.6. The molecule has 180 valence electrons. The number of anilines is 1. The van der Waals surface area contributed by atoms with Crippen LogP contribution in [0, 0.1) is 6.92 Å². The molecule has 0 fully saturated rings. The third kappa shape index (κ3) is 4.34. The van der Waals surface area contributed by atoms with Crippen molar-refractivity contribution in [1.82, 2.24) is 29.9 Å². The number of aromatic nitrogens is 6. The molecular weight excluding hydrogens is 486 g/mol. The molecule has 2 N–H and O–H groups in total. The molecule has 3 heterocycles. The molecule has 0 saturated carbocycles. The Kier molecular flexibility index (Phi) is 5.71. The highest BCUT2D eigenvalue weighted by Crippen LogP contribution is 2.33. The summed E-state index contributed by atoms with van der Waals surface area (Å²) >= 11 is 6.16. The molecule has 3 aromatic carbocycles. The first-order valence-electron chi connectivity index (χ1n) is 11.6. The highest BCUT2D eigenvalue weighted by Gasteiger charge is 2.21. The summed E-state index contributed by atoms with van der Waals surface area (Å²) in [4.78, 5) is 22.6. The molecule has 6 rings (SSSR count). The lowest BCUT2D eigenvalue weighted by molar-refractivity contribution is 0.102. The number of fused-ring (bicyclic) bond motifs is 1. The molecule has 0 spiro atoms. The summed E-state index contributed by atoms with van der Waals surface area (Å²) in [7, 11) is 0. The number of carbonyl (C=O) groups excluding carboxylic acids is 1.